The minimum Gasteiger partial charge on any atom is -0.488 e. The molecular weight excluding hydrogens is 264 g/mol. The van der Waals surface area contributed by atoms with Crippen LogP contribution in [0.1, 0.15) is 30.0 Å². The fourth-order valence-electron chi connectivity index (χ4n) is 2.04. The van der Waals surface area contributed by atoms with Crippen LogP contribution in [0.4, 0.5) is 0 Å². The van der Waals surface area contributed by atoms with Crippen molar-refractivity contribution >= 4 is 5.71 Å². The van der Waals surface area contributed by atoms with Crippen LogP contribution in [0.5, 0.6) is 5.75 Å². The maximum atomic E-state index is 9.05. The number of benzene rings is 2. The highest BCUT2D eigenvalue weighted by Gasteiger charge is 2.09. The number of ether oxygens (including phenoxy) is 1. The first-order valence-electron chi connectivity index (χ1n) is 6.70. The van der Waals surface area contributed by atoms with Crippen molar-refractivity contribution in [1.29, 1.82) is 5.26 Å². The van der Waals surface area contributed by atoms with Crippen molar-refractivity contribution in [2.24, 2.45) is 5.16 Å². The van der Waals surface area contributed by atoms with Crippen molar-refractivity contribution in [1.82, 2.24) is 0 Å². The first-order valence-corrected chi connectivity index (χ1v) is 6.70. The third-order valence-corrected chi connectivity index (χ3v) is 3.10. The predicted molar refractivity (Wildman–Crippen MR) is 80.5 cm³/mol. The summed E-state index contributed by atoms with van der Waals surface area (Å²) in [4.78, 5) is 0. The minimum absolute atomic E-state index is 0.356. The lowest BCUT2D eigenvalue weighted by Gasteiger charge is -2.11. The lowest BCUT2D eigenvalue weighted by molar-refractivity contribution is 0.303. The van der Waals surface area contributed by atoms with E-state index in [1.165, 1.54) is 0 Å². The van der Waals surface area contributed by atoms with Gasteiger partial charge in [-0.3, -0.25) is 0 Å². The maximum absolute atomic E-state index is 9.05. The Bertz CT molecular complexity index is 687. The van der Waals surface area contributed by atoms with Crippen molar-refractivity contribution in [3.05, 3.63) is 65.2 Å². The molecule has 2 aromatic rings. The molecule has 2 aromatic carbocycles. The largest absolute Gasteiger partial charge is 0.488 e. The molecule has 0 amide bonds. The molecule has 0 aliphatic rings. The first kappa shape index (κ1) is 14.6. The van der Waals surface area contributed by atoms with Gasteiger partial charge in [0.15, 0.2) is 0 Å². The number of oxime groups is 1. The number of hydrogen-bond donors (Lipinski definition) is 1. The topological polar surface area (TPSA) is 65.6 Å². The number of nitrogens with zero attached hydrogens (tertiary/aromatic N) is 2. The van der Waals surface area contributed by atoms with Gasteiger partial charge in [0.05, 0.1) is 17.3 Å². The summed E-state index contributed by atoms with van der Waals surface area (Å²) in [5, 5.41) is 21.3. The van der Waals surface area contributed by atoms with Gasteiger partial charge in [0, 0.05) is 5.56 Å². The highest BCUT2D eigenvalue weighted by Crippen LogP contribution is 2.21. The van der Waals surface area contributed by atoms with E-state index < -0.39 is 0 Å². The van der Waals surface area contributed by atoms with Crippen LogP contribution in [-0.4, -0.2) is 10.9 Å². The summed E-state index contributed by atoms with van der Waals surface area (Å²) in [5.41, 5.74) is 2.88. The van der Waals surface area contributed by atoms with Gasteiger partial charge in [0.1, 0.15) is 12.4 Å². The molecule has 0 saturated carbocycles. The molecule has 0 aliphatic carbocycles. The molecule has 4 nitrogen and oxygen atoms in total. The highest BCUT2D eigenvalue weighted by atomic mass is 16.5. The molecular formula is C17H16N2O2. The summed E-state index contributed by atoms with van der Waals surface area (Å²) in [6.45, 7) is 2.27. The SMILES string of the molecule is CC/C(=N\O)c1ccccc1OCc1cccc(C#N)c1. The average Bonchev–Trinajstić information content (AvgIpc) is 2.55. The Morgan fingerprint density at radius 1 is 1.24 bits per heavy atom. The molecule has 0 unspecified atom stereocenters. The summed E-state index contributed by atoms with van der Waals surface area (Å²) >= 11 is 0. The molecule has 0 atom stereocenters. The second kappa shape index (κ2) is 7.11. The van der Waals surface area contributed by atoms with E-state index >= 15 is 0 Å². The van der Waals surface area contributed by atoms with Crippen molar-refractivity contribution in [3.63, 3.8) is 0 Å². The zero-order valence-electron chi connectivity index (χ0n) is 11.8. The quantitative estimate of drug-likeness (QED) is 0.515. The van der Waals surface area contributed by atoms with Crippen LogP contribution in [0.2, 0.25) is 0 Å². The molecule has 106 valence electrons. The lowest BCUT2D eigenvalue weighted by Crippen LogP contribution is -2.04. The van der Waals surface area contributed by atoms with Gasteiger partial charge in [-0.05, 0) is 36.2 Å². The molecule has 0 bridgehead atoms. The maximum Gasteiger partial charge on any atom is 0.128 e. The second-order valence-corrected chi connectivity index (χ2v) is 4.50. The number of hydrogen-bond acceptors (Lipinski definition) is 4. The Morgan fingerprint density at radius 3 is 2.76 bits per heavy atom. The predicted octanol–water partition coefficient (Wildman–Crippen LogP) is 3.73. The van der Waals surface area contributed by atoms with Gasteiger partial charge < -0.3 is 9.94 Å². The van der Waals surface area contributed by atoms with E-state index in [0.717, 1.165) is 11.1 Å². The van der Waals surface area contributed by atoms with Gasteiger partial charge in [-0.25, -0.2) is 0 Å². The van der Waals surface area contributed by atoms with Crippen molar-refractivity contribution in [2.45, 2.75) is 20.0 Å². The van der Waals surface area contributed by atoms with Gasteiger partial charge in [-0.15, -0.1) is 0 Å². The smallest absolute Gasteiger partial charge is 0.128 e. The fraction of sp³-hybridized carbons (Fsp3) is 0.176. The zero-order chi connectivity index (χ0) is 15.1. The molecule has 0 heterocycles. The third-order valence-electron chi connectivity index (χ3n) is 3.10. The summed E-state index contributed by atoms with van der Waals surface area (Å²) in [7, 11) is 0. The molecule has 0 fully saturated rings. The van der Waals surface area contributed by atoms with Crippen molar-refractivity contribution in [2.75, 3.05) is 0 Å². The molecule has 4 heteroatoms. The van der Waals surface area contributed by atoms with Crippen molar-refractivity contribution in [3.8, 4) is 11.8 Å². The van der Waals surface area contributed by atoms with E-state index in [0.29, 0.717) is 30.1 Å². The molecule has 0 aliphatic heterocycles. The number of rotatable bonds is 5. The molecule has 0 saturated heterocycles. The minimum atomic E-state index is 0.356. The summed E-state index contributed by atoms with van der Waals surface area (Å²) < 4.78 is 5.81. The Kier molecular flexibility index (Phi) is 4.94. The van der Waals surface area contributed by atoms with E-state index in [1.54, 1.807) is 12.1 Å². The second-order valence-electron chi connectivity index (χ2n) is 4.50. The van der Waals surface area contributed by atoms with E-state index in [4.69, 9.17) is 15.2 Å². The molecule has 0 aromatic heterocycles. The Balaban J connectivity index is 2.19. The summed E-state index contributed by atoms with van der Waals surface area (Å²) in [6, 6.07) is 16.8. The van der Waals surface area contributed by atoms with Crippen LogP contribution in [0.15, 0.2) is 53.7 Å². The van der Waals surface area contributed by atoms with Crippen LogP contribution in [0.3, 0.4) is 0 Å². The van der Waals surface area contributed by atoms with E-state index in [1.807, 2.05) is 43.3 Å². The van der Waals surface area contributed by atoms with Crippen LogP contribution >= 0.6 is 0 Å². The zero-order valence-corrected chi connectivity index (χ0v) is 11.8. The summed E-state index contributed by atoms with van der Waals surface area (Å²) in [6.07, 6.45) is 0.612. The Morgan fingerprint density at radius 2 is 2.05 bits per heavy atom. The molecule has 21 heavy (non-hydrogen) atoms. The van der Waals surface area contributed by atoms with E-state index in [-0.39, 0.29) is 0 Å². The standard InChI is InChI=1S/C17H16N2O2/c1-2-16(19-20)15-8-3-4-9-17(15)21-12-14-7-5-6-13(10-14)11-18/h3-10,20H,2,12H2,1H3/b19-16+. The normalized spacial score (nSPS) is 11.0. The van der Waals surface area contributed by atoms with Crippen LogP contribution in [0.25, 0.3) is 0 Å². The lowest BCUT2D eigenvalue weighted by atomic mass is 10.1. The average molecular weight is 280 g/mol. The van der Waals surface area contributed by atoms with E-state index in [9.17, 15) is 0 Å². The van der Waals surface area contributed by atoms with Gasteiger partial charge in [0.2, 0.25) is 0 Å². The van der Waals surface area contributed by atoms with Crippen LogP contribution in [-0.2, 0) is 6.61 Å². The van der Waals surface area contributed by atoms with Crippen LogP contribution in [0, 0.1) is 11.3 Å². The fourth-order valence-corrected chi connectivity index (χ4v) is 2.04. The highest BCUT2D eigenvalue weighted by molar-refractivity contribution is 6.02. The van der Waals surface area contributed by atoms with Crippen LogP contribution < -0.4 is 4.74 Å². The van der Waals surface area contributed by atoms with Gasteiger partial charge in [-0.1, -0.05) is 36.3 Å². The summed E-state index contributed by atoms with van der Waals surface area (Å²) in [5.74, 6) is 0.662. The Labute approximate surface area is 123 Å². The van der Waals surface area contributed by atoms with Crippen molar-refractivity contribution < 1.29 is 9.94 Å². The molecule has 2 rings (SSSR count). The molecule has 0 spiro atoms. The third kappa shape index (κ3) is 3.61. The van der Waals surface area contributed by atoms with Gasteiger partial charge in [-0.2, -0.15) is 5.26 Å². The Hall–Kier alpha value is -2.80. The van der Waals surface area contributed by atoms with E-state index in [2.05, 4.69) is 11.2 Å². The monoisotopic (exact) mass is 280 g/mol. The molecule has 0 radical (unpaired) electrons. The van der Waals surface area contributed by atoms with Gasteiger partial charge in [0.25, 0.3) is 0 Å². The number of nitriles is 1. The number of para-hydroxylation sites is 1. The van der Waals surface area contributed by atoms with Gasteiger partial charge >= 0.3 is 0 Å². The first-order chi connectivity index (χ1) is 10.3. The molecule has 1 N–H and O–H groups in total.